The van der Waals surface area contributed by atoms with Crippen molar-refractivity contribution in [2.45, 2.75) is 33.1 Å². The lowest BCUT2D eigenvalue weighted by Gasteiger charge is -2.22. The number of para-hydroxylation sites is 1. The molecule has 26 heavy (non-hydrogen) atoms. The fraction of sp³-hybridized carbons (Fsp3) is 0.579. The van der Waals surface area contributed by atoms with Gasteiger partial charge in [0.25, 0.3) is 0 Å². The average molecular weight is 476 g/mol. The molecule has 0 aromatic heterocycles. The van der Waals surface area contributed by atoms with E-state index in [1.165, 1.54) is 10.5 Å². The molecule has 2 N–H and O–H groups in total. The zero-order valence-corrected chi connectivity index (χ0v) is 19.1. The molecule has 0 atom stereocenters. The Morgan fingerprint density at radius 1 is 1.19 bits per heavy atom. The van der Waals surface area contributed by atoms with E-state index in [4.69, 9.17) is 4.74 Å². The van der Waals surface area contributed by atoms with Gasteiger partial charge in [-0.15, -0.1) is 24.0 Å². The summed E-state index contributed by atoms with van der Waals surface area (Å²) in [5, 5.41) is 6.31. The van der Waals surface area contributed by atoms with Crippen molar-refractivity contribution in [3.8, 4) is 5.75 Å². The van der Waals surface area contributed by atoms with Gasteiger partial charge < -0.3 is 20.3 Å². The van der Waals surface area contributed by atoms with Crippen LogP contribution in [0, 0.1) is 0 Å². The number of hydrogen-bond acceptors (Lipinski definition) is 3. The van der Waals surface area contributed by atoms with Gasteiger partial charge in [0.05, 0.1) is 6.54 Å². The minimum absolute atomic E-state index is 0. The van der Waals surface area contributed by atoms with E-state index in [0.717, 1.165) is 12.3 Å². The molecule has 1 rings (SSSR count). The van der Waals surface area contributed by atoms with Gasteiger partial charge in [-0.2, -0.15) is 0 Å². The number of carbonyl (C=O) groups is 1. The Hall–Kier alpha value is -1.51. The number of ether oxygens (including phenoxy) is 1. The fourth-order valence-corrected chi connectivity index (χ4v) is 2.17. The van der Waals surface area contributed by atoms with Crippen LogP contribution >= 0.6 is 24.0 Å². The quantitative estimate of drug-likeness (QED) is 0.275. The van der Waals surface area contributed by atoms with Gasteiger partial charge in [0.15, 0.2) is 5.96 Å². The first-order valence-electron chi connectivity index (χ1n) is 8.70. The molecule has 7 heteroatoms. The van der Waals surface area contributed by atoms with E-state index in [1.807, 2.05) is 25.1 Å². The number of rotatable bonds is 7. The van der Waals surface area contributed by atoms with Crippen LogP contribution in [-0.4, -0.2) is 57.1 Å². The number of amides is 1. The predicted octanol–water partition coefficient (Wildman–Crippen LogP) is 2.62. The van der Waals surface area contributed by atoms with Crippen molar-refractivity contribution in [2.24, 2.45) is 4.99 Å². The molecule has 0 heterocycles. The van der Waals surface area contributed by atoms with E-state index < -0.39 is 0 Å². The van der Waals surface area contributed by atoms with Crippen LogP contribution in [0.25, 0.3) is 0 Å². The highest BCUT2D eigenvalue weighted by molar-refractivity contribution is 14.0. The highest BCUT2D eigenvalue weighted by Crippen LogP contribution is 2.30. The molecule has 0 aliphatic carbocycles. The Balaban J connectivity index is 0.00000625. The Labute approximate surface area is 174 Å². The second-order valence-corrected chi connectivity index (χ2v) is 7.00. The van der Waals surface area contributed by atoms with Crippen LogP contribution in [0.1, 0.15) is 33.3 Å². The Morgan fingerprint density at radius 2 is 1.85 bits per heavy atom. The second-order valence-electron chi connectivity index (χ2n) is 7.00. The summed E-state index contributed by atoms with van der Waals surface area (Å²) in [6, 6.07) is 8.11. The fourth-order valence-electron chi connectivity index (χ4n) is 2.17. The van der Waals surface area contributed by atoms with E-state index in [9.17, 15) is 4.79 Å². The summed E-state index contributed by atoms with van der Waals surface area (Å²) in [4.78, 5) is 17.4. The number of benzene rings is 1. The lowest BCUT2D eigenvalue weighted by atomic mass is 9.86. The number of aliphatic imine (C=N–C) groups is 1. The molecule has 0 bridgehead atoms. The minimum Gasteiger partial charge on any atom is -0.491 e. The van der Waals surface area contributed by atoms with E-state index in [-0.39, 0.29) is 41.8 Å². The molecule has 1 aromatic carbocycles. The summed E-state index contributed by atoms with van der Waals surface area (Å²) in [5.41, 5.74) is 1.22. The SMILES string of the molecule is CCNC(=NCC(=O)N(C)C)NCCOc1ccccc1C(C)(C)C.I. The number of carbonyl (C=O) groups excluding carboxylic acids is 1. The maximum Gasteiger partial charge on any atom is 0.243 e. The van der Waals surface area contributed by atoms with E-state index in [0.29, 0.717) is 19.1 Å². The molecule has 0 saturated carbocycles. The van der Waals surface area contributed by atoms with Crippen LogP contribution < -0.4 is 15.4 Å². The van der Waals surface area contributed by atoms with E-state index in [2.05, 4.69) is 42.5 Å². The third kappa shape index (κ3) is 8.73. The lowest BCUT2D eigenvalue weighted by Crippen LogP contribution is -2.40. The zero-order chi connectivity index (χ0) is 18.9. The summed E-state index contributed by atoms with van der Waals surface area (Å²) in [7, 11) is 3.44. The van der Waals surface area contributed by atoms with Gasteiger partial charge >= 0.3 is 0 Å². The van der Waals surface area contributed by atoms with Gasteiger partial charge in [0.2, 0.25) is 5.91 Å². The van der Waals surface area contributed by atoms with Crippen LogP contribution in [0.4, 0.5) is 0 Å². The molecular formula is C19H33IN4O2. The van der Waals surface area contributed by atoms with Gasteiger partial charge in [-0.05, 0) is 24.0 Å². The van der Waals surface area contributed by atoms with Crippen LogP contribution in [0.3, 0.4) is 0 Å². The number of guanidine groups is 1. The monoisotopic (exact) mass is 476 g/mol. The number of hydrogen-bond donors (Lipinski definition) is 2. The molecular weight excluding hydrogens is 443 g/mol. The first kappa shape index (κ1) is 24.5. The number of nitrogens with one attached hydrogen (secondary N) is 2. The number of halogens is 1. The highest BCUT2D eigenvalue weighted by atomic mass is 127. The van der Waals surface area contributed by atoms with Crippen molar-refractivity contribution >= 4 is 35.8 Å². The standard InChI is InChI=1S/C19H32N4O2.HI/c1-7-20-18(22-14-17(24)23(5)6)21-12-13-25-16-11-9-8-10-15(16)19(2,3)4;/h8-11H,7,12-14H2,1-6H3,(H2,20,21,22);1H. The molecule has 1 aromatic rings. The summed E-state index contributed by atoms with van der Waals surface area (Å²) in [6.07, 6.45) is 0. The second kappa shape index (κ2) is 12.0. The first-order valence-corrected chi connectivity index (χ1v) is 8.70. The molecule has 0 aliphatic rings. The molecule has 0 aliphatic heterocycles. The molecule has 0 fully saturated rings. The van der Waals surface area contributed by atoms with Gasteiger partial charge in [-0.25, -0.2) is 4.99 Å². The van der Waals surface area contributed by atoms with Crippen molar-refractivity contribution < 1.29 is 9.53 Å². The van der Waals surface area contributed by atoms with Crippen molar-refractivity contribution in [2.75, 3.05) is 40.3 Å². The molecule has 0 unspecified atom stereocenters. The van der Waals surface area contributed by atoms with Crippen LogP contribution in [0.15, 0.2) is 29.3 Å². The van der Waals surface area contributed by atoms with E-state index in [1.54, 1.807) is 14.1 Å². The van der Waals surface area contributed by atoms with Crippen molar-refractivity contribution in [3.05, 3.63) is 29.8 Å². The molecule has 0 radical (unpaired) electrons. The molecule has 1 amide bonds. The zero-order valence-electron chi connectivity index (χ0n) is 16.8. The predicted molar refractivity (Wildman–Crippen MR) is 119 cm³/mol. The summed E-state index contributed by atoms with van der Waals surface area (Å²) in [6.45, 7) is 10.5. The van der Waals surface area contributed by atoms with Gasteiger partial charge in [0.1, 0.15) is 18.9 Å². The largest absolute Gasteiger partial charge is 0.491 e. The summed E-state index contributed by atoms with van der Waals surface area (Å²) in [5.74, 6) is 1.49. The third-order valence-electron chi connectivity index (χ3n) is 3.56. The summed E-state index contributed by atoms with van der Waals surface area (Å²) < 4.78 is 5.94. The lowest BCUT2D eigenvalue weighted by molar-refractivity contribution is -0.127. The van der Waals surface area contributed by atoms with Crippen LogP contribution in [-0.2, 0) is 10.2 Å². The first-order chi connectivity index (χ1) is 11.8. The number of nitrogens with zero attached hydrogens (tertiary/aromatic N) is 2. The smallest absolute Gasteiger partial charge is 0.243 e. The molecule has 0 saturated heterocycles. The van der Waals surface area contributed by atoms with Gasteiger partial charge in [-0.1, -0.05) is 39.0 Å². The highest BCUT2D eigenvalue weighted by Gasteiger charge is 2.18. The Morgan fingerprint density at radius 3 is 2.42 bits per heavy atom. The van der Waals surface area contributed by atoms with Crippen molar-refractivity contribution in [3.63, 3.8) is 0 Å². The Kier molecular flexibility index (Phi) is 11.3. The molecule has 148 valence electrons. The van der Waals surface area contributed by atoms with Crippen LogP contribution in [0.2, 0.25) is 0 Å². The maximum absolute atomic E-state index is 11.6. The molecule has 6 nitrogen and oxygen atoms in total. The van der Waals surface area contributed by atoms with Crippen molar-refractivity contribution in [1.82, 2.24) is 15.5 Å². The van der Waals surface area contributed by atoms with Gasteiger partial charge in [-0.3, -0.25) is 4.79 Å². The minimum atomic E-state index is -0.0347. The maximum atomic E-state index is 11.6. The Bertz CT molecular complexity index is 583. The molecule has 0 spiro atoms. The third-order valence-corrected chi connectivity index (χ3v) is 3.56. The normalized spacial score (nSPS) is 11.4. The number of likely N-dealkylation sites (N-methyl/N-ethyl adjacent to an activating group) is 1. The summed E-state index contributed by atoms with van der Waals surface area (Å²) >= 11 is 0. The average Bonchev–Trinajstić information content (AvgIpc) is 2.55. The van der Waals surface area contributed by atoms with Crippen molar-refractivity contribution in [1.29, 1.82) is 0 Å². The topological polar surface area (TPSA) is 66.0 Å². The van der Waals surface area contributed by atoms with Crippen LogP contribution in [0.5, 0.6) is 5.75 Å². The van der Waals surface area contributed by atoms with E-state index >= 15 is 0 Å². The van der Waals surface area contributed by atoms with Gasteiger partial charge in [0, 0.05) is 20.6 Å².